The molecule has 1 amide bonds. The number of methoxy groups -OCH3 is 2. The monoisotopic (exact) mass is 594 g/mol. The van der Waals surface area contributed by atoms with Gasteiger partial charge in [0.1, 0.15) is 11.5 Å². The van der Waals surface area contributed by atoms with E-state index in [4.69, 9.17) is 14.2 Å². The minimum atomic E-state index is -3.75. The molecule has 0 N–H and O–H groups in total. The summed E-state index contributed by atoms with van der Waals surface area (Å²) in [6.07, 6.45) is 1.14. The number of carbonyl (C=O) groups excluding carboxylic acids is 1. The minimum Gasteiger partial charge on any atom is -0.497 e. The molecule has 0 spiro atoms. The number of benzene rings is 3. The molecule has 1 aliphatic rings. The number of ether oxygens (including phenoxy) is 3. The van der Waals surface area contributed by atoms with Crippen molar-refractivity contribution in [3.8, 4) is 11.5 Å². The second kappa shape index (κ2) is 12.0. The molecule has 0 radical (unpaired) electrons. The first-order valence-corrected chi connectivity index (χ1v) is 15.2. The molecule has 0 saturated carbocycles. The quantitative estimate of drug-likeness (QED) is 0.213. The summed E-state index contributed by atoms with van der Waals surface area (Å²) in [5, 5.41) is 6.07. The molecule has 41 heavy (non-hydrogen) atoms. The van der Waals surface area contributed by atoms with Gasteiger partial charge in [-0.05, 0) is 86.1 Å². The molecule has 1 fully saturated rings. The molecule has 0 bridgehead atoms. The van der Waals surface area contributed by atoms with Crippen LogP contribution in [0.4, 0.5) is 5.13 Å². The maximum Gasteiger partial charge on any atom is 0.280 e. The van der Waals surface area contributed by atoms with E-state index in [1.54, 1.807) is 38.6 Å². The van der Waals surface area contributed by atoms with E-state index in [1.807, 2.05) is 38.1 Å². The summed E-state index contributed by atoms with van der Waals surface area (Å²) in [7, 11) is -0.579. The van der Waals surface area contributed by atoms with Crippen LogP contribution < -0.4 is 14.5 Å². The number of rotatable bonds is 8. The maximum atomic E-state index is 13.8. The van der Waals surface area contributed by atoms with Gasteiger partial charge in [-0.25, -0.2) is 13.4 Å². The van der Waals surface area contributed by atoms with Crippen molar-refractivity contribution < 1.29 is 27.4 Å². The van der Waals surface area contributed by atoms with Crippen molar-refractivity contribution in [3.63, 3.8) is 0 Å². The van der Waals surface area contributed by atoms with Crippen LogP contribution >= 0.6 is 11.3 Å². The number of sulfonamides is 1. The number of hydrogen-bond donors (Lipinski definition) is 0. The SMILES string of the molecule is COc1ccc(/C=N/N(C(=O)c2ccc(S(=O)(=O)N3CC(C)OC(C)C3)cc2)c2nc3ccc(OC)cc3s2)cc1. The zero-order valence-electron chi connectivity index (χ0n) is 23.1. The number of aromatic nitrogens is 1. The largest absolute Gasteiger partial charge is 0.497 e. The maximum absolute atomic E-state index is 13.8. The van der Waals surface area contributed by atoms with Crippen molar-refractivity contribution in [1.29, 1.82) is 0 Å². The summed E-state index contributed by atoms with van der Waals surface area (Å²) in [4.78, 5) is 18.5. The van der Waals surface area contributed by atoms with Gasteiger partial charge in [-0.1, -0.05) is 11.3 Å². The molecule has 10 nitrogen and oxygen atoms in total. The molecule has 12 heteroatoms. The summed E-state index contributed by atoms with van der Waals surface area (Å²) in [6.45, 7) is 4.23. The number of carbonyl (C=O) groups is 1. The minimum absolute atomic E-state index is 0.107. The Morgan fingerprint density at radius 3 is 2.27 bits per heavy atom. The van der Waals surface area contributed by atoms with Crippen molar-refractivity contribution in [1.82, 2.24) is 9.29 Å². The third-order valence-corrected chi connectivity index (χ3v) is 9.36. The zero-order valence-corrected chi connectivity index (χ0v) is 24.7. The second-order valence-electron chi connectivity index (χ2n) is 9.57. The first-order chi connectivity index (χ1) is 19.7. The summed E-state index contributed by atoms with van der Waals surface area (Å²) in [5.74, 6) is 0.915. The molecular formula is C29H30N4O6S2. The molecule has 1 aromatic heterocycles. The molecular weight excluding hydrogens is 564 g/mol. The second-order valence-corrected chi connectivity index (χ2v) is 12.5. The zero-order chi connectivity index (χ0) is 29.1. The van der Waals surface area contributed by atoms with E-state index >= 15 is 0 Å². The number of amides is 1. The van der Waals surface area contributed by atoms with Crippen LogP contribution in [0.15, 0.2) is 76.7 Å². The highest BCUT2D eigenvalue weighted by atomic mass is 32.2. The number of thiazole rings is 1. The van der Waals surface area contributed by atoms with Gasteiger partial charge in [-0.3, -0.25) is 4.79 Å². The van der Waals surface area contributed by atoms with Crippen molar-refractivity contribution in [2.24, 2.45) is 5.10 Å². The number of nitrogens with zero attached hydrogens (tertiary/aromatic N) is 4. The number of anilines is 1. The first-order valence-electron chi connectivity index (χ1n) is 12.9. The van der Waals surface area contributed by atoms with Crippen LogP contribution in [0.25, 0.3) is 10.2 Å². The molecule has 1 saturated heterocycles. The summed E-state index contributed by atoms with van der Waals surface area (Å²) in [6, 6.07) is 18.6. The number of morpholine rings is 1. The molecule has 2 unspecified atom stereocenters. The van der Waals surface area contributed by atoms with Crippen LogP contribution in [-0.4, -0.2) is 69.3 Å². The third kappa shape index (κ3) is 6.25. The van der Waals surface area contributed by atoms with E-state index in [2.05, 4.69) is 10.1 Å². The van der Waals surface area contributed by atoms with E-state index in [9.17, 15) is 13.2 Å². The highest BCUT2D eigenvalue weighted by Crippen LogP contribution is 2.33. The van der Waals surface area contributed by atoms with Gasteiger partial charge in [-0.2, -0.15) is 14.4 Å². The van der Waals surface area contributed by atoms with Crippen LogP contribution in [0.2, 0.25) is 0 Å². The van der Waals surface area contributed by atoms with Crippen LogP contribution in [0.3, 0.4) is 0 Å². The topological polar surface area (TPSA) is 111 Å². The Bertz CT molecular complexity index is 1660. The smallest absolute Gasteiger partial charge is 0.280 e. The molecule has 4 aromatic rings. The Morgan fingerprint density at radius 1 is 1.00 bits per heavy atom. The summed E-state index contributed by atoms with van der Waals surface area (Å²) >= 11 is 1.29. The van der Waals surface area contributed by atoms with Crippen LogP contribution in [0.5, 0.6) is 11.5 Å². The fourth-order valence-corrected chi connectivity index (χ4v) is 7.02. The Balaban J connectivity index is 1.46. The lowest BCUT2D eigenvalue weighted by Crippen LogP contribution is -2.48. The Kier molecular flexibility index (Phi) is 8.36. The van der Waals surface area contributed by atoms with Crippen molar-refractivity contribution in [2.45, 2.75) is 31.0 Å². The van der Waals surface area contributed by atoms with Crippen molar-refractivity contribution >= 4 is 48.8 Å². The summed E-state index contributed by atoms with van der Waals surface area (Å²) < 4.78 is 45.1. The lowest BCUT2D eigenvalue weighted by molar-refractivity contribution is -0.0440. The van der Waals surface area contributed by atoms with E-state index in [0.29, 0.717) is 22.1 Å². The van der Waals surface area contributed by atoms with Gasteiger partial charge in [0.2, 0.25) is 15.2 Å². The normalized spacial score (nSPS) is 18.0. The van der Waals surface area contributed by atoms with E-state index in [-0.39, 0.29) is 35.8 Å². The molecule has 0 aliphatic carbocycles. The van der Waals surface area contributed by atoms with Gasteiger partial charge in [0.25, 0.3) is 5.91 Å². The number of hydrogen-bond acceptors (Lipinski definition) is 9. The van der Waals surface area contributed by atoms with E-state index in [1.165, 1.54) is 44.9 Å². The lowest BCUT2D eigenvalue weighted by atomic mass is 10.2. The Hall–Kier alpha value is -3.84. The fourth-order valence-electron chi connectivity index (χ4n) is 4.48. The van der Waals surface area contributed by atoms with Crippen molar-refractivity contribution in [2.75, 3.05) is 32.3 Å². The summed E-state index contributed by atoms with van der Waals surface area (Å²) in [5.41, 5.74) is 1.71. The Labute approximate surface area is 242 Å². The average molecular weight is 595 g/mol. The number of hydrazone groups is 1. The highest BCUT2D eigenvalue weighted by molar-refractivity contribution is 7.89. The van der Waals surface area contributed by atoms with Gasteiger partial charge in [0.15, 0.2) is 0 Å². The first kappa shape index (κ1) is 28.7. The van der Waals surface area contributed by atoms with Gasteiger partial charge in [-0.15, -0.1) is 0 Å². The van der Waals surface area contributed by atoms with Crippen molar-refractivity contribution in [3.05, 3.63) is 77.9 Å². The lowest BCUT2D eigenvalue weighted by Gasteiger charge is -2.34. The third-order valence-electron chi connectivity index (χ3n) is 6.52. The van der Waals surface area contributed by atoms with Crippen LogP contribution in [-0.2, 0) is 14.8 Å². The standard InChI is InChI=1S/C29H30N4O6S2/c1-19-17-32(18-20(2)39-19)41(35,36)25-12-7-22(8-13-25)28(34)33(30-16-21-5-9-23(37-3)10-6-21)29-31-26-14-11-24(38-4)15-27(26)40-29/h5-16,19-20H,17-18H2,1-4H3/b30-16+. The fraction of sp³-hybridized carbons (Fsp3) is 0.276. The van der Waals surface area contributed by atoms with E-state index in [0.717, 1.165) is 10.3 Å². The van der Waals surface area contributed by atoms with Gasteiger partial charge in [0, 0.05) is 18.7 Å². The Morgan fingerprint density at radius 2 is 1.63 bits per heavy atom. The average Bonchev–Trinajstić information content (AvgIpc) is 3.40. The van der Waals surface area contributed by atoms with Gasteiger partial charge in [0.05, 0.1) is 47.8 Å². The molecule has 2 atom stereocenters. The molecule has 5 rings (SSSR count). The molecule has 214 valence electrons. The molecule has 2 heterocycles. The van der Waals surface area contributed by atoms with E-state index < -0.39 is 15.9 Å². The molecule has 3 aromatic carbocycles. The van der Waals surface area contributed by atoms with Crippen LogP contribution in [0, 0.1) is 0 Å². The predicted octanol–water partition coefficient (Wildman–Crippen LogP) is 4.79. The molecule has 1 aliphatic heterocycles. The van der Waals surface area contributed by atoms with Crippen LogP contribution in [0.1, 0.15) is 29.8 Å². The highest BCUT2D eigenvalue weighted by Gasteiger charge is 2.32. The van der Waals surface area contributed by atoms with Gasteiger partial charge < -0.3 is 14.2 Å². The number of fused-ring (bicyclic) bond motifs is 1. The predicted molar refractivity (Wildman–Crippen MR) is 159 cm³/mol. The van der Waals surface area contributed by atoms with Gasteiger partial charge >= 0.3 is 0 Å².